The smallest absolute Gasteiger partial charge is 0.380 e. The first kappa shape index (κ1) is 16.2. The number of aryl methyl sites for hydroxylation is 2. The van der Waals surface area contributed by atoms with E-state index in [0.717, 1.165) is 6.07 Å². The van der Waals surface area contributed by atoms with Gasteiger partial charge in [-0.2, -0.15) is 18.3 Å². The summed E-state index contributed by atoms with van der Waals surface area (Å²) < 4.78 is 40.9. The molecule has 0 amide bonds. The SMILES string of the molecule is Cc1nn(C)c(Cl)c1CNc1ccc(Br)cc1C(F)(F)F. The summed E-state index contributed by atoms with van der Waals surface area (Å²) >= 11 is 9.12. The lowest BCUT2D eigenvalue weighted by atomic mass is 10.1. The molecule has 3 nitrogen and oxygen atoms in total. The summed E-state index contributed by atoms with van der Waals surface area (Å²) in [5, 5.41) is 7.31. The summed E-state index contributed by atoms with van der Waals surface area (Å²) in [7, 11) is 1.68. The second-order valence-corrected chi connectivity index (χ2v) is 5.79. The lowest BCUT2D eigenvalue weighted by Crippen LogP contribution is -2.11. The third-order valence-electron chi connectivity index (χ3n) is 3.01. The molecule has 8 heteroatoms. The number of alkyl halides is 3. The molecule has 0 aliphatic heterocycles. The van der Waals surface area contributed by atoms with Gasteiger partial charge in [0, 0.05) is 29.3 Å². The van der Waals surface area contributed by atoms with Crippen molar-refractivity contribution in [2.24, 2.45) is 7.05 Å². The van der Waals surface area contributed by atoms with Crippen LogP contribution >= 0.6 is 27.5 Å². The molecule has 0 aliphatic carbocycles. The van der Waals surface area contributed by atoms with E-state index in [0.29, 0.717) is 20.9 Å². The van der Waals surface area contributed by atoms with Crippen LogP contribution in [-0.4, -0.2) is 9.78 Å². The molecule has 2 aromatic rings. The maximum Gasteiger partial charge on any atom is 0.418 e. The van der Waals surface area contributed by atoms with Crippen molar-refractivity contribution in [2.45, 2.75) is 19.6 Å². The molecule has 0 radical (unpaired) electrons. The predicted molar refractivity (Wildman–Crippen MR) is 79.4 cm³/mol. The van der Waals surface area contributed by atoms with E-state index >= 15 is 0 Å². The summed E-state index contributed by atoms with van der Waals surface area (Å²) in [5.41, 5.74) is 0.635. The molecule has 0 bridgehead atoms. The predicted octanol–water partition coefficient (Wildman–Crippen LogP) is 4.78. The molecule has 21 heavy (non-hydrogen) atoms. The highest BCUT2D eigenvalue weighted by atomic mass is 79.9. The molecule has 114 valence electrons. The fraction of sp³-hybridized carbons (Fsp3) is 0.308. The van der Waals surface area contributed by atoms with Crippen molar-refractivity contribution < 1.29 is 13.2 Å². The molecule has 0 spiro atoms. The van der Waals surface area contributed by atoms with E-state index in [2.05, 4.69) is 26.3 Å². The number of anilines is 1. The Kier molecular flexibility index (Phi) is 4.53. The van der Waals surface area contributed by atoms with Gasteiger partial charge in [-0.1, -0.05) is 27.5 Å². The van der Waals surface area contributed by atoms with Crippen molar-refractivity contribution >= 4 is 33.2 Å². The van der Waals surface area contributed by atoms with E-state index in [1.54, 1.807) is 20.0 Å². The molecule has 0 aliphatic rings. The van der Waals surface area contributed by atoms with Gasteiger partial charge >= 0.3 is 6.18 Å². The zero-order valence-electron chi connectivity index (χ0n) is 11.2. The van der Waals surface area contributed by atoms with Gasteiger partial charge in [0.15, 0.2) is 0 Å². The van der Waals surface area contributed by atoms with E-state index in [1.165, 1.54) is 10.7 Å². The second kappa shape index (κ2) is 5.88. The zero-order valence-corrected chi connectivity index (χ0v) is 13.6. The van der Waals surface area contributed by atoms with Gasteiger partial charge in [0.1, 0.15) is 5.15 Å². The normalized spacial score (nSPS) is 11.8. The van der Waals surface area contributed by atoms with Gasteiger partial charge in [0.2, 0.25) is 0 Å². The van der Waals surface area contributed by atoms with Crippen LogP contribution in [0.2, 0.25) is 5.15 Å². The summed E-state index contributed by atoms with van der Waals surface area (Å²) in [6.07, 6.45) is -4.43. The van der Waals surface area contributed by atoms with Crippen LogP contribution in [0.15, 0.2) is 22.7 Å². The third-order valence-corrected chi connectivity index (χ3v) is 3.98. The van der Waals surface area contributed by atoms with Crippen LogP contribution in [0.1, 0.15) is 16.8 Å². The molecule has 0 saturated carbocycles. The molecule has 1 N–H and O–H groups in total. The minimum Gasteiger partial charge on any atom is -0.380 e. The van der Waals surface area contributed by atoms with E-state index in [1.807, 2.05) is 0 Å². The Balaban J connectivity index is 2.28. The van der Waals surface area contributed by atoms with Gasteiger partial charge in [0.05, 0.1) is 11.3 Å². The third kappa shape index (κ3) is 3.52. The molecular formula is C13H12BrClF3N3. The van der Waals surface area contributed by atoms with Crippen molar-refractivity contribution in [3.8, 4) is 0 Å². The Morgan fingerprint density at radius 2 is 2.05 bits per heavy atom. The van der Waals surface area contributed by atoms with Crippen molar-refractivity contribution in [3.63, 3.8) is 0 Å². The number of nitrogens with zero attached hydrogens (tertiary/aromatic N) is 2. The summed E-state index contributed by atoms with van der Waals surface area (Å²) in [6, 6.07) is 3.97. The summed E-state index contributed by atoms with van der Waals surface area (Å²) in [5.74, 6) is 0. The van der Waals surface area contributed by atoms with Crippen molar-refractivity contribution in [2.75, 3.05) is 5.32 Å². The highest BCUT2D eigenvalue weighted by Crippen LogP contribution is 2.37. The second-order valence-electron chi connectivity index (χ2n) is 4.52. The van der Waals surface area contributed by atoms with Crippen molar-refractivity contribution in [3.05, 3.63) is 44.6 Å². The van der Waals surface area contributed by atoms with Crippen molar-refractivity contribution in [1.82, 2.24) is 9.78 Å². The average Bonchev–Trinajstić information content (AvgIpc) is 2.61. The van der Waals surface area contributed by atoms with Gasteiger partial charge in [-0.25, -0.2) is 0 Å². The largest absolute Gasteiger partial charge is 0.418 e. The number of hydrogen-bond acceptors (Lipinski definition) is 2. The number of halogens is 5. The number of rotatable bonds is 3. The first-order chi connectivity index (χ1) is 9.70. The van der Waals surface area contributed by atoms with Gasteiger partial charge in [-0.15, -0.1) is 0 Å². The molecule has 1 aromatic carbocycles. The van der Waals surface area contributed by atoms with Crippen molar-refractivity contribution in [1.29, 1.82) is 0 Å². The Morgan fingerprint density at radius 3 is 2.57 bits per heavy atom. The van der Waals surface area contributed by atoms with Crippen LogP contribution in [0.5, 0.6) is 0 Å². The molecule has 0 saturated heterocycles. The Hall–Kier alpha value is -1.21. The van der Waals surface area contributed by atoms with Gasteiger partial charge in [-0.3, -0.25) is 4.68 Å². The molecule has 0 atom stereocenters. The minimum absolute atomic E-state index is 0.00465. The van der Waals surface area contributed by atoms with Gasteiger partial charge in [0.25, 0.3) is 0 Å². The highest BCUT2D eigenvalue weighted by molar-refractivity contribution is 9.10. The Labute approximate surface area is 133 Å². The first-order valence-corrected chi connectivity index (χ1v) is 7.16. The fourth-order valence-electron chi connectivity index (χ4n) is 1.96. The molecule has 1 heterocycles. The number of benzene rings is 1. The molecular weight excluding hydrogens is 371 g/mol. The number of hydrogen-bond donors (Lipinski definition) is 1. The van der Waals surface area contributed by atoms with Crippen LogP contribution in [0.3, 0.4) is 0 Å². The summed E-state index contributed by atoms with van der Waals surface area (Å²) in [6.45, 7) is 1.93. The van der Waals surface area contributed by atoms with Crippen LogP contribution in [0.4, 0.5) is 18.9 Å². The quantitative estimate of drug-likeness (QED) is 0.828. The Bertz CT molecular complexity index is 667. The minimum atomic E-state index is -4.43. The van der Waals surface area contributed by atoms with Crippen LogP contribution in [0, 0.1) is 6.92 Å². The fourth-order valence-corrected chi connectivity index (χ4v) is 2.57. The molecule has 0 unspecified atom stereocenters. The van der Waals surface area contributed by atoms with E-state index < -0.39 is 11.7 Å². The first-order valence-electron chi connectivity index (χ1n) is 5.98. The van der Waals surface area contributed by atoms with E-state index in [9.17, 15) is 13.2 Å². The van der Waals surface area contributed by atoms with Crippen LogP contribution in [-0.2, 0) is 19.8 Å². The number of nitrogens with one attached hydrogen (secondary N) is 1. The topological polar surface area (TPSA) is 29.9 Å². The molecule has 1 aromatic heterocycles. The van der Waals surface area contributed by atoms with E-state index in [-0.39, 0.29) is 12.2 Å². The maximum atomic E-state index is 13.0. The molecule has 0 fully saturated rings. The highest BCUT2D eigenvalue weighted by Gasteiger charge is 2.33. The zero-order chi connectivity index (χ0) is 15.8. The standard InChI is InChI=1S/C13H12BrClF3N3/c1-7-9(12(15)21(2)20-7)6-19-11-4-3-8(14)5-10(11)13(16,17)18/h3-5,19H,6H2,1-2H3. The lowest BCUT2D eigenvalue weighted by Gasteiger charge is -2.15. The maximum absolute atomic E-state index is 13.0. The van der Waals surface area contributed by atoms with Gasteiger partial charge < -0.3 is 5.32 Å². The average molecular weight is 383 g/mol. The van der Waals surface area contributed by atoms with E-state index in [4.69, 9.17) is 11.6 Å². The summed E-state index contributed by atoms with van der Waals surface area (Å²) in [4.78, 5) is 0. The molecule has 2 rings (SSSR count). The van der Waals surface area contributed by atoms with Crippen LogP contribution in [0.25, 0.3) is 0 Å². The monoisotopic (exact) mass is 381 g/mol. The van der Waals surface area contributed by atoms with Gasteiger partial charge in [-0.05, 0) is 25.1 Å². The van der Waals surface area contributed by atoms with Crippen LogP contribution < -0.4 is 5.32 Å². The Morgan fingerprint density at radius 1 is 1.38 bits per heavy atom. The number of aromatic nitrogens is 2. The lowest BCUT2D eigenvalue weighted by molar-refractivity contribution is -0.137.